The van der Waals surface area contributed by atoms with Crippen molar-refractivity contribution in [2.75, 3.05) is 6.61 Å². The zero-order chi connectivity index (χ0) is 20.6. The number of benzene rings is 3. The third kappa shape index (κ3) is 4.88. The lowest BCUT2D eigenvalue weighted by molar-refractivity contribution is -0.124. The van der Waals surface area contributed by atoms with Gasteiger partial charge < -0.3 is 10.1 Å². The van der Waals surface area contributed by atoms with E-state index >= 15 is 0 Å². The van der Waals surface area contributed by atoms with Gasteiger partial charge in [0.1, 0.15) is 0 Å². The van der Waals surface area contributed by atoms with E-state index in [-0.39, 0.29) is 18.6 Å². The van der Waals surface area contributed by atoms with E-state index in [1.165, 1.54) is 0 Å². The summed E-state index contributed by atoms with van der Waals surface area (Å²) >= 11 is 0. The molecule has 0 saturated carbocycles. The summed E-state index contributed by atoms with van der Waals surface area (Å²) in [6.07, 6.45) is 0. The van der Waals surface area contributed by atoms with Crippen molar-refractivity contribution in [1.82, 2.24) is 5.32 Å². The Bertz CT molecular complexity index is 1050. The molecule has 0 aliphatic carbocycles. The molecule has 3 aromatic carbocycles. The van der Waals surface area contributed by atoms with E-state index in [0.29, 0.717) is 22.3 Å². The number of nitrogens with zero attached hydrogens (tertiary/aromatic N) is 1. The van der Waals surface area contributed by atoms with Crippen molar-refractivity contribution < 1.29 is 14.3 Å². The molecule has 0 unspecified atom stereocenters. The first kappa shape index (κ1) is 19.8. The van der Waals surface area contributed by atoms with Crippen molar-refractivity contribution in [3.05, 3.63) is 95.6 Å². The summed E-state index contributed by atoms with van der Waals surface area (Å²) in [5.41, 5.74) is 2.96. The number of hydrogen-bond donors (Lipinski definition) is 1. The molecule has 3 rings (SSSR count). The zero-order valence-corrected chi connectivity index (χ0v) is 16.0. The topological polar surface area (TPSA) is 79.2 Å². The maximum Gasteiger partial charge on any atom is 0.339 e. The number of amides is 1. The Kier molecular flexibility index (Phi) is 6.39. The number of nitriles is 1. The van der Waals surface area contributed by atoms with Crippen LogP contribution in [0.4, 0.5) is 0 Å². The van der Waals surface area contributed by atoms with Crippen LogP contribution < -0.4 is 5.32 Å². The number of esters is 1. The summed E-state index contributed by atoms with van der Waals surface area (Å²) in [6.45, 7) is 1.48. The molecule has 1 N–H and O–H groups in total. The summed E-state index contributed by atoms with van der Waals surface area (Å²) in [6, 6.07) is 25.4. The molecule has 29 heavy (non-hydrogen) atoms. The molecule has 5 heteroatoms. The molecule has 144 valence electrons. The van der Waals surface area contributed by atoms with Crippen LogP contribution in [0, 0.1) is 11.3 Å². The number of ether oxygens (including phenoxy) is 1. The van der Waals surface area contributed by atoms with Crippen molar-refractivity contribution >= 4 is 11.9 Å². The zero-order valence-electron chi connectivity index (χ0n) is 16.0. The highest BCUT2D eigenvalue weighted by molar-refractivity contribution is 5.98. The maximum atomic E-state index is 12.6. The normalized spacial score (nSPS) is 11.2. The van der Waals surface area contributed by atoms with Gasteiger partial charge in [-0.2, -0.15) is 5.26 Å². The average Bonchev–Trinajstić information content (AvgIpc) is 2.78. The Balaban J connectivity index is 1.69. The molecule has 3 aromatic rings. The van der Waals surface area contributed by atoms with Crippen LogP contribution in [-0.2, 0) is 9.53 Å². The van der Waals surface area contributed by atoms with Gasteiger partial charge in [0.05, 0.1) is 23.2 Å². The standard InChI is InChI=1S/C24H20N2O3/c1-17(18-9-3-2-4-10-18)26-23(27)16-29-24(28)22-14-8-7-13-21(22)20-12-6-5-11-19(20)15-25/h2-14,17H,16H2,1H3,(H,26,27)/t17-/m0/s1. The molecule has 0 aliphatic rings. The SMILES string of the molecule is C[C@H](NC(=O)COC(=O)c1ccccc1-c1ccccc1C#N)c1ccccc1. The van der Waals surface area contributed by atoms with Crippen LogP contribution in [0.1, 0.15) is 34.5 Å². The number of carbonyl (C=O) groups is 2. The van der Waals surface area contributed by atoms with Crippen molar-refractivity contribution in [2.24, 2.45) is 0 Å². The summed E-state index contributed by atoms with van der Waals surface area (Å²) in [5, 5.41) is 12.2. The summed E-state index contributed by atoms with van der Waals surface area (Å²) in [5.74, 6) is -1.000. The average molecular weight is 384 g/mol. The highest BCUT2D eigenvalue weighted by atomic mass is 16.5. The Hall–Kier alpha value is -3.91. The molecule has 0 spiro atoms. The van der Waals surface area contributed by atoms with Crippen LogP contribution in [0.25, 0.3) is 11.1 Å². The molecule has 5 nitrogen and oxygen atoms in total. The van der Waals surface area contributed by atoms with Gasteiger partial charge in [-0.1, -0.05) is 66.7 Å². The smallest absolute Gasteiger partial charge is 0.339 e. The molecule has 0 fully saturated rings. The van der Waals surface area contributed by atoms with Crippen LogP contribution in [0.3, 0.4) is 0 Å². The minimum atomic E-state index is -0.615. The van der Waals surface area contributed by atoms with E-state index < -0.39 is 5.97 Å². The second-order valence-electron chi connectivity index (χ2n) is 6.48. The third-order valence-electron chi connectivity index (χ3n) is 4.50. The van der Waals surface area contributed by atoms with Gasteiger partial charge in [0.15, 0.2) is 6.61 Å². The van der Waals surface area contributed by atoms with Crippen LogP contribution in [0.5, 0.6) is 0 Å². The van der Waals surface area contributed by atoms with E-state index in [0.717, 1.165) is 5.56 Å². The van der Waals surface area contributed by atoms with E-state index in [4.69, 9.17) is 4.74 Å². The Morgan fingerprint density at radius 3 is 2.28 bits per heavy atom. The quantitative estimate of drug-likeness (QED) is 0.644. The Morgan fingerprint density at radius 2 is 1.55 bits per heavy atom. The fourth-order valence-corrected chi connectivity index (χ4v) is 3.03. The molecule has 0 bridgehead atoms. The minimum absolute atomic E-state index is 0.197. The van der Waals surface area contributed by atoms with Crippen LogP contribution in [-0.4, -0.2) is 18.5 Å². The van der Waals surface area contributed by atoms with Gasteiger partial charge >= 0.3 is 5.97 Å². The predicted octanol–water partition coefficient (Wildman–Crippen LogP) is 4.26. The second kappa shape index (κ2) is 9.34. The Morgan fingerprint density at radius 1 is 0.931 bits per heavy atom. The van der Waals surface area contributed by atoms with E-state index in [2.05, 4.69) is 11.4 Å². The molecule has 0 saturated heterocycles. The fourth-order valence-electron chi connectivity index (χ4n) is 3.03. The summed E-state index contributed by atoms with van der Waals surface area (Å²) < 4.78 is 5.23. The van der Waals surface area contributed by atoms with Gasteiger partial charge in [-0.3, -0.25) is 4.79 Å². The molecule has 0 aliphatic heterocycles. The van der Waals surface area contributed by atoms with Crippen molar-refractivity contribution in [3.63, 3.8) is 0 Å². The lowest BCUT2D eigenvalue weighted by Crippen LogP contribution is -2.31. The fraction of sp³-hybridized carbons (Fsp3) is 0.125. The summed E-state index contributed by atoms with van der Waals surface area (Å²) in [7, 11) is 0. The molecular formula is C24H20N2O3. The maximum absolute atomic E-state index is 12.6. The summed E-state index contributed by atoms with van der Waals surface area (Å²) in [4.78, 5) is 24.8. The molecule has 1 amide bonds. The number of hydrogen-bond acceptors (Lipinski definition) is 4. The lowest BCUT2D eigenvalue weighted by Gasteiger charge is -2.15. The van der Waals surface area contributed by atoms with E-state index in [1.54, 1.807) is 48.5 Å². The number of rotatable bonds is 6. The highest BCUT2D eigenvalue weighted by Crippen LogP contribution is 2.27. The van der Waals surface area contributed by atoms with Crippen molar-refractivity contribution in [3.8, 4) is 17.2 Å². The van der Waals surface area contributed by atoms with Crippen molar-refractivity contribution in [1.29, 1.82) is 5.26 Å². The number of carbonyl (C=O) groups excluding carboxylic acids is 2. The minimum Gasteiger partial charge on any atom is -0.452 e. The van der Waals surface area contributed by atoms with Crippen LogP contribution in [0.2, 0.25) is 0 Å². The monoisotopic (exact) mass is 384 g/mol. The first-order chi connectivity index (χ1) is 14.1. The van der Waals surface area contributed by atoms with Gasteiger partial charge in [0.25, 0.3) is 5.91 Å². The van der Waals surface area contributed by atoms with Crippen LogP contribution in [0.15, 0.2) is 78.9 Å². The van der Waals surface area contributed by atoms with Gasteiger partial charge in [-0.15, -0.1) is 0 Å². The third-order valence-corrected chi connectivity index (χ3v) is 4.50. The van der Waals surface area contributed by atoms with E-state index in [1.807, 2.05) is 37.3 Å². The molecule has 0 heterocycles. The van der Waals surface area contributed by atoms with E-state index in [9.17, 15) is 14.9 Å². The molecule has 1 atom stereocenters. The largest absolute Gasteiger partial charge is 0.452 e. The predicted molar refractivity (Wildman–Crippen MR) is 110 cm³/mol. The molecule has 0 radical (unpaired) electrons. The molecular weight excluding hydrogens is 364 g/mol. The molecule has 0 aromatic heterocycles. The second-order valence-corrected chi connectivity index (χ2v) is 6.48. The van der Waals surface area contributed by atoms with Crippen LogP contribution >= 0.6 is 0 Å². The highest BCUT2D eigenvalue weighted by Gasteiger charge is 2.17. The van der Waals surface area contributed by atoms with Gasteiger partial charge in [0.2, 0.25) is 0 Å². The first-order valence-corrected chi connectivity index (χ1v) is 9.20. The van der Waals surface area contributed by atoms with Gasteiger partial charge in [0, 0.05) is 5.56 Å². The van der Waals surface area contributed by atoms with Gasteiger partial charge in [-0.05, 0) is 30.2 Å². The van der Waals surface area contributed by atoms with Crippen molar-refractivity contribution in [2.45, 2.75) is 13.0 Å². The lowest BCUT2D eigenvalue weighted by atomic mass is 9.96. The Labute approximate surface area is 169 Å². The van der Waals surface area contributed by atoms with Gasteiger partial charge in [-0.25, -0.2) is 4.79 Å². The first-order valence-electron chi connectivity index (χ1n) is 9.20. The number of nitrogens with one attached hydrogen (secondary N) is 1.